The number of rotatable bonds is 19. The fourth-order valence-electron chi connectivity index (χ4n) is 8.68. The maximum atomic E-state index is 13.2. The molecule has 3 heterocycles. The van der Waals surface area contributed by atoms with Crippen LogP contribution >= 0.6 is 23.4 Å². The summed E-state index contributed by atoms with van der Waals surface area (Å²) in [5.41, 5.74) is 6.31. The first-order valence-electron chi connectivity index (χ1n) is 21.8. The highest BCUT2D eigenvalue weighted by Crippen LogP contribution is 2.44. The van der Waals surface area contributed by atoms with E-state index in [9.17, 15) is 28.8 Å². The van der Waals surface area contributed by atoms with Gasteiger partial charge in [-0.05, 0) is 90.9 Å². The van der Waals surface area contributed by atoms with Gasteiger partial charge in [-0.15, -0.1) is 11.8 Å². The maximum Gasteiger partial charge on any atom is 0.354 e. The lowest BCUT2D eigenvalue weighted by atomic mass is 9.96. The molecule has 358 valence electrons. The van der Waals surface area contributed by atoms with Crippen molar-refractivity contribution in [1.29, 1.82) is 0 Å². The predicted octanol–water partition coefficient (Wildman–Crippen LogP) is 9.89. The summed E-state index contributed by atoms with van der Waals surface area (Å²) in [6, 6.07) is 30.0. The van der Waals surface area contributed by atoms with Crippen molar-refractivity contribution >= 4 is 73.6 Å². The number of methoxy groups -OCH3 is 2. The standard InChI is InChI=1S/C50H50ClN7O9S2/c1-30-46-43(56(20-9-21-59)49(30)50(60)66-6)19-17-40(51)48(46)47-31(2)54(3)53-41(47)27-57(69(63)64)42-18-14-33(23-44(42)58(61)62)22-35-25-36(55(4)52-35)29-68-38-24-34-10-7-8-11-39(34)45(26-38)67-28-32-12-15-37(65-5)16-13-32/h7-8,10-19,23-26,59H,9,20-22,27-29H2,1-6H3,(H,63,64). The Balaban J connectivity index is 1.04. The number of nitrogens with zero attached hydrogens (tertiary/aromatic N) is 7. The topological polar surface area (TPSA) is 189 Å². The zero-order valence-corrected chi connectivity index (χ0v) is 41.2. The summed E-state index contributed by atoms with van der Waals surface area (Å²) in [4.78, 5) is 26.4. The number of nitro groups is 1. The normalized spacial score (nSPS) is 11.9. The summed E-state index contributed by atoms with van der Waals surface area (Å²) in [5, 5.41) is 34.9. The second-order valence-corrected chi connectivity index (χ2v) is 18.7. The van der Waals surface area contributed by atoms with E-state index in [1.165, 1.54) is 19.2 Å². The van der Waals surface area contributed by atoms with Crippen LogP contribution in [0, 0.1) is 24.0 Å². The van der Waals surface area contributed by atoms with Gasteiger partial charge in [-0.25, -0.2) is 9.00 Å². The number of benzene rings is 5. The first kappa shape index (κ1) is 48.7. The number of carbonyl (C=O) groups is 1. The quantitative estimate of drug-likeness (QED) is 0.0257. The van der Waals surface area contributed by atoms with Crippen molar-refractivity contribution in [3.63, 3.8) is 0 Å². The van der Waals surface area contributed by atoms with Crippen molar-refractivity contribution in [2.45, 2.75) is 57.0 Å². The van der Waals surface area contributed by atoms with E-state index in [0.717, 1.165) is 42.7 Å². The lowest BCUT2D eigenvalue weighted by molar-refractivity contribution is -0.384. The van der Waals surface area contributed by atoms with E-state index in [1.54, 1.807) is 65.0 Å². The van der Waals surface area contributed by atoms with Crippen LogP contribution in [-0.4, -0.2) is 69.7 Å². The molecule has 19 heteroatoms. The molecule has 0 amide bonds. The number of hydrogen-bond donors (Lipinski definition) is 2. The number of hydrogen-bond acceptors (Lipinski definition) is 11. The van der Waals surface area contributed by atoms with E-state index in [-0.39, 0.29) is 30.9 Å². The van der Waals surface area contributed by atoms with Gasteiger partial charge < -0.3 is 23.9 Å². The van der Waals surface area contributed by atoms with Gasteiger partial charge in [-0.2, -0.15) is 10.2 Å². The molecule has 5 aromatic carbocycles. The van der Waals surface area contributed by atoms with Crippen molar-refractivity contribution in [3.05, 3.63) is 157 Å². The molecule has 0 fully saturated rings. The third kappa shape index (κ3) is 10.1. The lowest BCUT2D eigenvalue weighted by Gasteiger charge is -2.20. The number of carbonyl (C=O) groups excluding carboxylic acids is 1. The van der Waals surface area contributed by atoms with Gasteiger partial charge in [0.2, 0.25) is 0 Å². The van der Waals surface area contributed by atoms with Crippen molar-refractivity contribution in [1.82, 2.24) is 24.1 Å². The smallest absolute Gasteiger partial charge is 0.354 e. The maximum absolute atomic E-state index is 13.2. The fraction of sp³-hybridized carbons (Fsp3) is 0.260. The van der Waals surface area contributed by atoms with Gasteiger partial charge in [-0.3, -0.25) is 28.3 Å². The summed E-state index contributed by atoms with van der Waals surface area (Å²) < 4.78 is 47.0. The Morgan fingerprint density at radius 2 is 1.70 bits per heavy atom. The second kappa shape index (κ2) is 20.9. The summed E-state index contributed by atoms with van der Waals surface area (Å²) in [5.74, 6) is 1.58. The molecule has 0 saturated heterocycles. The van der Waals surface area contributed by atoms with Crippen LogP contribution in [-0.2, 0) is 62.0 Å². The van der Waals surface area contributed by atoms with Gasteiger partial charge in [-0.1, -0.05) is 54.1 Å². The number of fused-ring (bicyclic) bond motifs is 2. The number of thioether (sulfide) groups is 1. The number of nitro benzene ring substituents is 1. The zero-order valence-electron chi connectivity index (χ0n) is 38.8. The van der Waals surface area contributed by atoms with Gasteiger partial charge in [0.25, 0.3) is 17.0 Å². The van der Waals surface area contributed by atoms with E-state index < -0.39 is 22.2 Å². The largest absolute Gasteiger partial charge is 0.497 e. The Hall–Kier alpha value is -6.70. The molecule has 0 saturated carbocycles. The van der Waals surface area contributed by atoms with E-state index in [2.05, 4.69) is 12.1 Å². The van der Waals surface area contributed by atoms with Crippen LogP contribution in [0.15, 0.2) is 102 Å². The van der Waals surface area contributed by atoms with Crippen LogP contribution in [0.4, 0.5) is 11.4 Å². The van der Waals surface area contributed by atoms with E-state index >= 15 is 0 Å². The molecular formula is C50H50ClN7O9S2. The molecule has 0 bridgehead atoms. The van der Waals surface area contributed by atoms with Crippen molar-refractivity contribution in [2.24, 2.45) is 14.1 Å². The van der Waals surface area contributed by atoms with Crippen LogP contribution in [0.1, 0.15) is 56.4 Å². The predicted molar refractivity (Wildman–Crippen MR) is 269 cm³/mol. The molecule has 0 aliphatic carbocycles. The summed E-state index contributed by atoms with van der Waals surface area (Å²) in [6.45, 7) is 3.89. The molecule has 0 aliphatic rings. The first-order chi connectivity index (χ1) is 33.2. The molecule has 8 rings (SSSR count). The number of halogens is 1. The Labute approximate surface area is 409 Å². The molecule has 0 radical (unpaired) electrons. The summed E-state index contributed by atoms with van der Waals surface area (Å²) in [6.07, 6.45) is 0.634. The molecule has 2 N–H and O–H groups in total. The molecule has 1 atom stereocenters. The Bertz CT molecular complexity index is 3260. The highest BCUT2D eigenvalue weighted by Gasteiger charge is 2.31. The molecular weight excluding hydrogens is 942 g/mol. The van der Waals surface area contributed by atoms with Gasteiger partial charge in [0.15, 0.2) is 0 Å². The van der Waals surface area contributed by atoms with Gasteiger partial charge >= 0.3 is 5.97 Å². The number of esters is 1. The van der Waals surface area contributed by atoms with Crippen LogP contribution in [0.3, 0.4) is 0 Å². The highest BCUT2D eigenvalue weighted by atomic mass is 35.5. The third-order valence-electron chi connectivity index (χ3n) is 12.1. The van der Waals surface area contributed by atoms with Crippen LogP contribution in [0.5, 0.6) is 11.5 Å². The first-order valence-corrected chi connectivity index (χ1v) is 24.3. The van der Waals surface area contributed by atoms with E-state index in [1.807, 2.05) is 68.6 Å². The average molecular weight is 993 g/mol. The molecule has 8 aromatic rings. The molecule has 16 nitrogen and oxygen atoms in total. The highest BCUT2D eigenvalue weighted by molar-refractivity contribution is 7.98. The summed E-state index contributed by atoms with van der Waals surface area (Å²) in [7, 11) is 6.51. The van der Waals surface area contributed by atoms with Crippen LogP contribution < -0.4 is 13.8 Å². The number of aliphatic hydroxyl groups is 1. The Kier molecular flexibility index (Phi) is 14.8. The van der Waals surface area contributed by atoms with Gasteiger partial charge in [0.05, 0.1) is 37.1 Å². The lowest BCUT2D eigenvalue weighted by Crippen LogP contribution is -2.26. The minimum Gasteiger partial charge on any atom is -0.497 e. The van der Waals surface area contributed by atoms with Gasteiger partial charge in [0, 0.05) is 94.2 Å². The number of anilines is 1. The Morgan fingerprint density at radius 3 is 2.41 bits per heavy atom. The number of aromatic nitrogens is 5. The summed E-state index contributed by atoms with van der Waals surface area (Å²) >= 11 is 5.89. The molecule has 3 aromatic heterocycles. The number of aliphatic hydroxyl groups excluding tert-OH is 1. The molecule has 0 spiro atoms. The van der Waals surface area contributed by atoms with Crippen molar-refractivity contribution < 1.29 is 37.8 Å². The molecule has 0 aliphatic heterocycles. The van der Waals surface area contributed by atoms with E-state index in [4.69, 9.17) is 36.0 Å². The van der Waals surface area contributed by atoms with Crippen molar-refractivity contribution in [2.75, 3.05) is 25.1 Å². The number of aryl methyl sites for hydroxylation is 4. The van der Waals surface area contributed by atoms with Gasteiger partial charge in [0.1, 0.15) is 29.5 Å². The SMILES string of the molecule is COC(=O)c1c(C)c2c(-c3c(CN(c4ccc(Cc5cc(CSc6cc(OCc7ccc(OC)cc7)c7ccccc7c6)n(C)n5)cc4[N+](=O)[O-])S(=O)O)nn(C)c3C)c(Cl)ccc2n1CCCO. The zero-order chi connectivity index (χ0) is 49.1. The third-order valence-corrected chi connectivity index (χ3v) is 14.2. The molecule has 1 unspecified atom stereocenters. The average Bonchev–Trinajstić information content (AvgIpc) is 3.94. The number of ether oxygens (including phenoxy) is 3. The van der Waals surface area contributed by atoms with E-state index in [0.29, 0.717) is 86.3 Å². The van der Waals surface area contributed by atoms with Crippen LogP contribution in [0.25, 0.3) is 32.8 Å². The monoisotopic (exact) mass is 991 g/mol. The second-order valence-electron chi connectivity index (χ2n) is 16.4. The fourth-order valence-corrected chi connectivity index (χ4v) is 10.5. The minimum absolute atomic E-state index is 0.0942. The van der Waals surface area contributed by atoms with Crippen molar-refractivity contribution in [3.8, 4) is 22.6 Å². The van der Waals surface area contributed by atoms with Crippen LogP contribution in [0.2, 0.25) is 5.02 Å². The minimum atomic E-state index is -2.75. The Morgan fingerprint density at radius 1 is 0.942 bits per heavy atom. The molecule has 69 heavy (non-hydrogen) atoms.